The molecule has 0 unspecified atom stereocenters. The first kappa shape index (κ1) is 28.8. The van der Waals surface area contributed by atoms with E-state index in [-0.39, 0.29) is 88.2 Å². The van der Waals surface area contributed by atoms with E-state index >= 15 is 0 Å². The molecule has 0 aromatic heterocycles. The van der Waals surface area contributed by atoms with Gasteiger partial charge in [-0.2, -0.15) is 0 Å². The van der Waals surface area contributed by atoms with Crippen LogP contribution in [0.25, 0.3) is 0 Å². The zero-order chi connectivity index (χ0) is 0. The van der Waals surface area contributed by atoms with E-state index in [1.165, 1.54) is 0 Å². The van der Waals surface area contributed by atoms with Crippen molar-refractivity contribution in [3.8, 4) is 0 Å². The number of hydrogen-bond acceptors (Lipinski definition) is 0. The molecule has 4 heteroatoms. The molecule has 0 aromatic carbocycles. The molecule has 4 heavy (non-hydrogen) atoms. The molecule has 0 fully saturated rings. The Morgan fingerprint density at radius 2 is 1.00 bits per heavy atom. The van der Waals surface area contributed by atoms with Gasteiger partial charge in [-0.05, 0) is 0 Å². The van der Waals surface area contributed by atoms with Crippen molar-refractivity contribution in [1.82, 2.24) is 0 Å². The first-order valence-electron chi connectivity index (χ1n) is 0. The number of hydrogen-bond donors (Lipinski definition) is 0. The second kappa shape index (κ2) is 16.9. The van der Waals surface area contributed by atoms with Crippen molar-refractivity contribution in [2.24, 2.45) is 0 Å². The molecular weight excluding hydrogens is 442 g/mol. The van der Waals surface area contributed by atoms with Gasteiger partial charge in [0.15, 0.2) is 0 Å². The molecule has 27 valence electrons. The van der Waals surface area contributed by atoms with Gasteiger partial charge in [-0.1, -0.05) is 0 Å². The van der Waals surface area contributed by atoms with Crippen LogP contribution in [0.1, 0.15) is 0 Å². The van der Waals surface area contributed by atoms with Gasteiger partial charge in [0.05, 0.1) is 0 Å². The van der Waals surface area contributed by atoms with Crippen LogP contribution in [0.5, 0.6) is 0 Å². The summed E-state index contributed by atoms with van der Waals surface area (Å²) in [4.78, 5) is 0. The van der Waals surface area contributed by atoms with Crippen LogP contribution < -0.4 is 0 Å². The fraction of sp³-hybridized carbons (Fsp3) is 0. The van der Waals surface area contributed by atoms with Gasteiger partial charge >= 0.3 is 0 Å². The van der Waals surface area contributed by atoms with Gasteiger partial charge in [-0.25, -0.2) is 0 Å². The Bertz CT molecular complexity index is 8.00. The molecule has 0 aromatic rings. The van der Waals surface area contributed by atoms with Gasteiger partial charge in [0, 0.05) is 88.2 Å². The molecule has 0 rings (SSSR count). The fourth-order valence-electron chi connectivity index (χ4n) is 0. The van der Waals surface area contributed by atoms with Crippen LogP contribution in [0.15, 0.2) is 0 Å². The summed E-state index contributed by atoms with van der Waals surface area (Å²) in [6.07, 6.45) is 0. The quantitative estimate of drug-likeness (QED) is 0.449. The monoisotopic (exact) mass is 443 g/mol. The van der Waals surface area contributed by atoms with Crippen LogP contribution in [0.2, 0.25) is 0 Å². The first-order valence-corrected chi connectivity index (χ1v) is 0. The zero-order valence-electron chi connectivity index (χ0n) is 1.82. The molecule has 0 N–H and O–H groups in total. The van der Waals surface area contributed by atoms with Crippen molar-refractivity contribution in [2.45, 2.75) is 0 Å². The molecule has 0 spiro atoms. The summed E-state index contributed by atoms with van der Waals surface area (Å²) in [6.45, 7) is 0. The van der Waals surface area contributed by atoms with E-state index in [2.05, 4.69) is 0 Å². The average Bonchev–Trinajstić information content (AvgIpc) is 0. The Morgan fingerprint density at radius 1 is 1.00 bits per heavy atom. The Balaban J connectivity index is 0. The second-order valence-corrected chi connectivity index (χ2v) is 0. The minimum atomic E-state index is 0. The van der Waals surface area contributed by atoms with E-state index in [0.29, 0.717) is 0 Å². The molecular formula is CdCuNiPb. The average molecular weight is 442 g/mol. The van der Waals surface area contributed by atoms with Gasteiger partial charge in [-0.15, -0.1) is 0 Å². The van der Waals surface area contributed by atoms with Gasteiger partial charge < -0.3 is 0 Å². The molecule has 0 saturated heterocycles. The predicted octanol–water partition coefficient (Wildman–Crippen LogP) is -0.388. The van der Waals surface area contributed by atoms with Crippen molar-refractivity contribution in [1.29, 1.82) is 0 Å². The van der Waals surface area contributed by atoms with Crippen molar-refractivity contribution in [3.63, 3.8) is 0 Å². The predicted molar refractivity (Wildman–Crippen MR) is 5.75 cm³/mol. The molecule has 0 bridgehead atoms. The molecule has 0 atom stereocenters. The van der Waals surface area contributed by atoms with E-state index in [1.807, 2.05) is 0 Å². The van der Waals surface area contributed by atoms with E-state index < -0.39 is 0 Å². The summed E-state index contributed by atoms with van der Waals surface area (Å²) in [5.41, 5.74) is 0. The first-order chi connectivity index (χ1) is 0. The molecule has 0 aliphatic carbocycles. The smallest absolute Gasteiger partial charge is 0 e. The fourth-order valence-corrected chi connectivity index (χ4v) is 0. The van der Waals surface area contributed by atoms with Gasteiger partial charge in [0.1, 0.15) is 0 Å². The van der Waals surface area contributed by atoms with Crippen LogP contribution in [0.4, 0.5) is 0 Å². The molecule has 0 amide bonds. The second-order valence-electron chi connectivity index (χ2n) is 0. The van der Waals surface area contributed by atoms with Gasteiger partial charge in [-0.3, -0.25) is 0 Å². The van der Waals surface area contributed by atoms with Crippen molar-refractivity contribution in [3.05, 3.63) is 0 Å². The molecule has 0 aliphatic rings. The summed E-state index contributed by atoms with van der Waals surface area (Å²) >= 11 is 0. The van der Waals surface area contributed by atoms with E-state index in [0.717, 1.165) is 0 Å². The van der Waals surface area contributed by atoms with E-state index in [9.17, 15) is 0 Å². The summed E-state index contributed by atoms with van der Waals surface area (Å²) in [5.74, 6) is 0. The maximum atomic E-state index is 0. The molecule has 0 aliphatic heterocycles. The van der Waals surface area contributed by atoms with Crippen molar-refractivity contribution < 1.29 is 60.9 Å². The summed E-state index contributed by atoms with van der Waals surface area (Å²) < 4.78 is 0. The summed E-state index contributed by atoms with van der Waals surface area (Å²) in [5, 5.41) is 0. The van der Waals surface area contributed by atoms with Crippen LogP contribution in [0, 0.1) is 0 Å². The zero-order valence-corrected chi connectivity index (χ0v) is 11.7. The maximum absolute atomic E-state index is 0. The molecule has 0 nitrogen and oxygen atoms in total. The van der Waals surface area contributed by atoms with Crippen LogP contribution in [-0.4, -0.2) is 27.3 Å². The van der Waals surface area contributed by atoms with Gasteiger partial charge in [0.25, 0.3) is 0 Å². The van der Waals surface area contributed by atoms with Crippen LogP contribution in [-0.2, 0) is 60.9 Å². The topological polar surface area (TPSA) is 0 Å². The summed E-state index contributed by atoms with van der Waals surface area (Å²) in [6, 6.07) is 0. The largest absolute Gasteiger partial charge is 0 e. The third-order valence-corrected chi connectivity index (χ3v) is 0. The minimum Gasteiger partial charge on any atom is 0 e. The molecule has 5 radical (unpaired) electrons. The van der Waals surface area contributed by atoms with Crippen LogP contribution >= 0.6 is 0 Å². The van der Waals surface area contributed by atoms with Crippen molar-refractivity contribution in [2.75, 3.05) is 0 Å². The standard InChI is InChI=1S/Cd.Cu.Ni.Pb. The van der Waals surface area contributed by atoms with Crippen LogP contribution in [0.3, 0.4) is 0 Å². The Kier molecular flexibility index (Phi) is 122. The third-order valence-electron chi connectivity index (χ3n) is 0. The van der Waals surface area contributed by atoms with E-state index in [4.69, 9.17) is 0 Å². The molecule has 0 saturated carbocycles. The Hall–Kier alpha value is 2.86. The normalized spacial score (nSPS) is 0. The SMILES string of the molecule is [Cd].[Cu].[Ni].[Pb]. The maximum Gasteiger partial charge on any atom is 0 e. The summed E-state index contributed by atoms with van der Waals surface area (Å²) in [7, 11) is 0. The minimum absolute atomic E-state index is 0. The Labute approximate surface area is 86.6 Å². The van der Waals surface area contributed by atoms with E-state index in [1.54, 1.807) is 0 Å². The third kappa shape index (κ3) is 8.85. The van der Waals surface area contributed by atoms with Crippen molar-refractivity contribution >= 4 is 27.3 Å². The number of rotatable bonds is 0. The van der Waals surface area contributed by atoms with Gasteiger partial charge in [0.2, 0.25) is 0 Å². The Morgan fingerprint density at radius 3 is 1.00 bits per heavy atom. The molecule has 0 heterocycles.